The minimum Gasteiger partial charge on any atom is -0.454 e. The van der Waals surface area contributed by atoms with Crippen molar-refractivity contribution in [2.75, 3.05) is 6.61 Å². The third kappa shape index (κ3) is 3.53. The lowest BCUT2D eigenvalue weighted by Crippen LogP contribution is -2.14. The number of para-hydroxylation sites is 1. The molecule has 5 nitrogen and oxygen atoms in total. The Balaban J connectivity index is 1.79. The topological polar surface area (TPSA) is 72.1 Å². The van der Waals surface area contributed by atoms with Crippen molar-refractivity contribution in [2.24, 2.45) is 0 Å². The van der Waals surface area contributed by atoms with Crippen molar-refractivity contribution in [3.8, 4) is 6.07 Å². The second kappa shape index (κ2) is 7.54. The Morgan fingerprint density at radius 3 is 2.69 bits per heavy atom. The van der Waals surface area contributed by atoms with E-state index in [1.807, 2.05) is 42.7 Å². The van der Waals surface area contributed by atoms with Crippen LogP contribution in [0, 0.1) is 25.2 Å². The molecule has 3 aromatic rings. The van der Waals surface area contributed by atoms with E-state index in [0.29, 0.717) is 24.1 Å². The predicted molar refractivity (Wildman–Crippen MR) is 101 cm³/mol. The maximum Gasteiger partial charge on any atom is 0.339 e. The van der Waals surface area contributed by atoms with Gasteiger partial charge in [-0.05, 0) is 26.0 Å². The van der Waals surface area contributed by atoms with Crippen LogP contribution in [0.2, 0.25) is 0 Å². The Hall–Kier alpha value is -2.91. The highest BCUT2D eigenvalue weighted by molar-refractivity contribution is 7.12. The zero-order valence-corrected chi connectivity index (χ0v) is 15.4. The molecule has 1 aromatic carbocycles. The number of carbonyl (C=O) groups excluding carboxylic acids is 2. The SMILES string of the molecule is Cc1cc(C(=O)OCC(=O)c2cn(CCC#N)c3ccccc23)c(C)s1. The molecule has 0 spiro atoms. The van der Waals surface area contributed by atoms with Crippen molar-refractivity contribution in [3.05, 3.63) is 57.4 Å². The van der Waals surface area contributed by atoms with Crippen molar-refractivity contribution in [3.63, 3.8) is 0 Å². The standard InChI is InChI=1S/C20H18N2O3S/c1-13-10-16(14(2)26-13)20(24)25-12-19(23)17-11-22(9-5-8-21)18-7-4-3-6-15(17)18/h3-4,6-7,10-11H,5,9,12H2,1-2H3. The normalized spacial score (nSPS) is 10.7. The number of carbonyl (C=O) groups is 2. The van der Waals surface area contributed by atoms with Gasteiger partial charge in [-0.3, -0.25) is 4.79 Å². The fraction of sp³-hybridized carbons (Fsp3) is 0.250. The summed E-state index contributed by atoms with van der Waals surface area (Å²) in [4.78, 5) is 26.7. The van der Waals surface area contributed by atoms with E-state index in [2.05, 4.69) is 6.07 Å². The van der Waals surface area contributed by atoms with Crippen molar-refractivity contribution >= 4 is 34.0 Å². The van der Waals surface area contributed by atoms with Gasteiger partial charge in [0.05, 0.1) is 18.1 Å². The zero-order chi connectivity index (χ0) is 18.7. The number of ether oxygens (including phenoxy) is 1. The van der Waals surface area contributed by atoms with Gasteiger partial charge in [-0.25, -0.2) is 4.79 Å². The predicted octanol–water partition coefficient (Wildman–Crippen LogP) is 4.27. The van der Waals surface area contributed by atoms with Crippen LogP contribution in [0.5, 0.6) is 0 Å². The van der Waals surface area contributed by atoms with Crippen LogP contribution in [0.1, 0.15) is 36.9 Å². The second-order valence-corrected chi connectivity index (χ2v) is 7.45. The van der Waals surface area contributed by atoms with Crippen LogP contribution in [0.15, 0.2) is 36.5 Å². The first kappa shape index (κ1) is 17.9. The van der Waals surface area contributed by atoms with E-state index < -0.39 is 5.97 Å². The molecule has 0 aliphatic carbocycles. The van der Waals surface area contributed by atoms with E-state index in [-0.39, 0.29) is 12.4 Å². The summed E-state index contributed by atoms with van der Waals surface area (Å²) < 4.78 is 7.12. The van der Waals surface area contributed by atoms with Crippen molar-refractivity contribution in [1.29, 1.82) is 5.26 Å². The maximum atomic E-state index is 12.6. The van der Waals surface area contributed by atoms with Crippen LogP contribution >= 0.6 is 11.3 Å². The maximum absolute atomic E-state index is 12.6. The molecule has 0 N–H and O–H groups in total. The number of fused-ring (bicyclic) bond motifs is 1. The van der Waals surface area contributed by atoms with Gasteiger partial charge in [0, 0.05) is 39.0 Å². The summed E-state index contributed by atoms with van der Waals surface area (Å²) in [5.74, 6) is -0.733. The highest BCUT2D eigenvalue weighted by atomic mass is 32.1. The smallest absolute Gasteiger partial charge is 0.339 e. The number of ketones is 1. The molecular weight excluding hydrogens is 348 g/mol. The van der Waals surface area contributed by atoms with E-state index in [4.69, 9.17) is 10.00 Å². The summed E-state index contributed by atoms with van der Waals surface area (Å²) in [6.07, 6.45) is 2.09. The number of Topliss-reactive ketones (excluding diaryl/α,β-unsaturated/α-hetero) is 1. The second-order valence-electron chi connectivity index (χ2n) is 5.99. The highest BCUT2D eigenvalue weighted by Gasteiger charge is 2.19. The molecule has 0 amide bonds. The molecule has 3 rings (SSSR count). The Morgan fingerprint density at radius 2 is 2.00 bits per heavy atom. The molecule has 2 aromatic heterocycles. The van der Waals surface area contributed by atoms with Crippen LogP contribution in [-0.2, 0) is 11.3 Å². The van der Waals surface area contributed by atoms with Gasteiger partial charge >= 0.3 is 5.97 Å². The molecule has 0 saturated carbocycles. The van der Waals surface area contributed by atoms with Crippen LogP contribution in [0.25, 0.3) is 10.9 Å². The third-order valence-electron chi connectivity index (χ3n) is 4.15. The van der Waals surface area contributed by atoms with E-state index >= 15 is 0 Å². The number of aryl methyl sites for hydroxylation is 3. The van der Waals surface area contributed by atoms with Crippen molar-refractivity contribution < 1.29 is 14.3 Å². The van der Waals surface area contributed by atoms with Gasteiger partial charge in [0.15, 0.2) is 6.61 Å². The molecule has 6 heteroatoms. The number of thiophene rings is 1. The first-order valence-corrected chi connectivity index (χ1v) is 9.05. The Kier molecular flexibility index (Phi) is 5.19. The first-order chi connectivity index (χ1) is 12.5. The van der Waals surface area contributed by atoms with Crippen LogP contribution in [0.4, 0.5) is 0 Å². The molecule has 0 aliphatic rings. The number of benzene rings is 1. The van der Waals surface area contributed by atoms with Crippen molar-refractivity contribution in [1.82, 2.24) is 4.57 Å². The lowest BCUT2D eigenvalue weighted by molar-refractivity contribution is 0.0475. The van der Waals surface area contributed by atoms with Gasteiger partial charge in [0.2, 0.25) is 5.78 Å². The molecule has 0 fully saturated rings. The molecular formula is C20H18N2O3S. The number of hydrogen-bond acceptors (Lipinski definition) is 5. The first-order valence-electron chi connectivity index (χ1n) is 8.23. The molecule has 0 atom stereocenters. The lowest BCUT2D eigenvalue weighted by atomic mass is 10.1. The van der Waals surface area contributed by atoms with Gasteiger partial charge in [0.25, 0.3) is 0 Å². The van der Waals surface area contributed by atoms with Gasteiger partial charge < -0.3 is 9.30 Å². The van der Waals surface area contributed by atoms with E-state index in [1.165, 1.54) is 11.3 Å². The van der Waals surface area contributed by atoms with Gasteiger partial charge in [-0.15, -0.1) is 11.3 Å². The monoisotopic (exact) mass is 366 g/mol. The number of rotatable bonds is 6. The number of nitriles is 1. The van der Waals surface area contributed by atoms with E-state index in [0.717, 1.165) is 20.7 Å². The summed E-state index contributed by atoms with van der Waals surface area (Å²) in [7, 11) is 0. The Bertz CT molecular complexity index is 1020. The lowest BCUT2D eigenvalue weighted by Gasteiger charge is -2.03. The zero-order valence-electron chi connectivity index (χ0n) is 14.6. The molecule has 2 heterocycles. The minimum atomic E-state index is -0.478. The molecule has 0 saturated heterocycles. The summed E-state index contributed by atoms with van der Waals surface area (Å²) in [5.41, 5.74) is 1.91. The third-order valence-corrected chi connectivity index (χ3v) is 5.11. The molecule has 0 bridgehead atoms. The van der Waals surface area contributed by atoms with Crippen LogP contribution < -0.4 is 0 Å². The minimum absolute atomic E-state index is 0.255. The molecule has 26 heavy (non-hydrogen) atoms. The summed E-state index contributed by atoms with van der Waals surface area (Å²) in [5, 5.41) is 9.61. The number of hydrogen-bond donors (Lipinski definition) is 0. The molecule has 0 aliphatic heterocycles. The number of nitrogens with zero attached hydrogens (tertiary/aromatic N) is 2. The van der Waals surface area contributed by atoms with Gasteiger partial charge in [-0.1, -0.05) is 18.2 Å². The van der Waals surface area contributed by atoms with Gasteiger partial charge in [0.1, 0.15) is 0 Å². The van der Waals surface area contributed by atoms with Crippen molar-refractivity contribution in [2.45, 2.75) is 26.8 Å². The van der Waals surface area contributed by atoms with E-state index in [9.17, 15) is 9.59 Å². The Labute approximate surface area is 155 Å². The fourth-order valence-corrected chi connectivity index (χ4v) is 3.86. The van der Waals surface area contributed by atoms with Crippen LogP contribution in [0.3, 0.4) is 0 Å². The summed E-state index contributed by atoms with van der Waals surface area (Å²) >= 11 is 1.53. The number of esters is 1. The molecule has 0 radical (unpaired) electrons. The number of aromatic nitrogens is 1. The van der Waals surface area contributed by atoms with Gasteiger partial charge in [-0.2, -0.15) is 5.26 Å². The quantitative estimate of drug-likeness (QED) is 0.482. The summed E-state index contributed by atoms with van der Waals surface area (Å²) in [6.45, 7) is 3.99. The largest absolute Gasteiger partial charge is 0.454 e. The average molecular weight is 366 g/mol. The summed E-state index contributed by atoms with van der Waals surface area (Å²) in [6, 6.07) is 11.4. The van der Waals surface area contributed by atoms with E-state index in [1.54, 1.807) is 12.3 Å². The fourth-order valence-electron chi connectivity index (χ4n) is 2.94. The highest BCUT2D eigenvalue weighted by Crippen LogP contribution is 2.23. The molecule has 132 valence electrons. The average Bonchev–Trinajstić information content (AvgIpc) is 3.17. The van der Waals surface area contributed by atoms with Crippen LogP contribution in [-0.4, -0.2) is 22.9 Å². The molecule has 0 unspecified atom stereocenters. The Morgan fingerprint density at radius 1 is 1.23 bits per heavy atom.